The fraction of sp³-hybridized carbons (Fsp3) is 0.235. The van der Waals surface area contributed by atoms with E-state index in [1.165, 1.54) is 0 Å². The number of hydrogen-bond acceptors (Lipinski definition) is 2. The van der Waals surface area contributed by atoms with E-state index >= 15 is 0 Å². The molecule has 0 saturated heterocycles. The monoisotopic (exact) mass is 268 g/mol. The van der Waals surface area contributed by atoms with Crippen molar-refractivity contribution in [1.82, 2.24) is 4.90 Å². The van der Waals surface area contributed by atoms with Crippen LogP contribution in [0.1, 0.15) is 27.0 Å². The molecule has 0 spiro atoms. The smallest absolute Gasteiger partial charge is 0.254 e. The van der Waals surface area contributed by atoms with Crippen LogP contribution in [0.25, 0.3) is 0 Å². The minimum atomic E-state index is 0.0323. The topological polar surface area (TPSA) is 46.3 Å². The molecule has 2 aromatic carbocycles. The average molecular weight is 268 g/mol. The van der Waals surface area contributed by atoms with Gasteiger partial charge in [-0.25, -0.2) is 0 Å². The number of nitrogens with two attached hydrogens (primary N) is 1. The summed E-state index contributed by atoms with van der Waals surface area (Å²) in [7, 11) is 1.81. The predicted octanol–water partition coefficient (Wildman–Crippen LogP) is 3.16. The molecule has 0 aromatic heterocycles. The second-order valence-electron chi connectivity index (χ2n) is 5.22. The standard InChI is InChI=1S/C17H20N2O/c1-12-7-8-16(13(2)9-12)17(20)19(3)11-14-5-4-6-15(18)10-14/h4-10H,11,18H2,1-3H3. The first-order valence-electron chi connectivity index (χ1n) is 6.64. The van der Waals surface area contributed by atoms with Gasteiger partial charge in [-0.15, -0.1) is 0 Å². The highest BCUT2D eigenvalue weighted by Crippen LogP contribution is 2.15. The summed E-state index contributed by atoms with van der Waals surface area (Å²) in [5.41, 5.74) is 10.4. The molecule has 0 aliphatic carbocycles. The van der Waals surface area contributed by atoms with Crippen LogP contribution in [0.5, 0.6) is 0 Å². The van der Waals surface area contributed by atoms with Crippen LogP contribution in [-0.2, 0) is 6.54 Å². The number of amides is 1. The molecule has 0 heterocycles. The van der Waals surface area contributed by atoms with Crippen molar-refractivity contribution in [2.45, 2.75) is 20.4 Å². The third-order valence-corrected chi connectivity index (χ3v) is 3.33. The number of hydrogen-bond donors (Lipinski definition) is 1. The maximum atomic E-state index is 12.5. The second-order valence-corrected chi connectivity index (χ2v) is 5.22. The second kappa shape index (κ2) is 5.78. The fourth-order valence-electron chi connectivity index (χ4n) is 2.30. The number of carbonyl (C=O) groups is 1. The van der Waals surface area contributed by atoms with Crippen LogP contribution in [0.4, 0.5) is 5.69 Å². The lowest BCUT2D eigenvalue weighted by molar-refractivity contribution is 0.0784. The zero-order valence-electron chi connectivity index (χ0n) is 12.2. The Morgan fingerprint density at radius 1 is 1.15 bits per heavy atom. The summed E-state index contributed by atoms with van der Waals surface area (Å²) in [6.07, 6.45) is 0. The van der Waals surface area contributed by atoms with E-state index < -0.39 is 0 Å². The molecule has 1 amide bonds. The normalized spacial score (nSPS) is 10.3. The Balaban J connectivity index is 2.16. The van der Waals surface area contributed by atoms with Gasteiger partial charge in [-0.3, -0.25) is 4.79 Å². The maximum Gasteiger partial charge on any atom is 0.254 e. The number of nitrogens with zero attached hydrogens (tertiary/aromatic N) is 1. The van der Waals surface area contributed by atoms with Crippen LogP contribution >= 0.6 is 0 Å². The van der Waals surface area contributed by atoms with Gasteiger partial charge in [0.25, 0.3) is 5.91 Å². The molecule has 0 bridgehead atoms. The Morgan fingerprint density at radius 3 is 2.55 bits per heavy atom. The Bertz CT molecular complexity index is 635. The van der Waals surface area contributed by atoms with Gasteiger partial charge in [-0.1, -0.05) is 29.8 Å². The van der Waals surface area contributed by atoms with Crippen molar-refractivity contribution in [2.24, 2.45) is 0 Å². The van der Waals surface area contributed by atoms with Crippen LogP contribution in [-0.4, -0.2) is 17.9 Å². The Hall–Kier alpha value is -2.29. The third-order valence-electron chi connectivity index (χ3n) is 3.33. The van der Waals surface area contributed by atoms with Crippen molar-refractivity contribution in [3.8, 4) is 0 Å². The third kappa shape index (κ3) is 3.18. The van der Waals surface area contributed by atoms with Crippen LogP contribution in [0.2, 0.25) is 0 Å². The number of carbonyl (C=O) groups excluding carboxylic acids is 1. The summed E-state index contributed by atoms with van der Waals surface area (Å²) in [5.74, 6) is 0.0323. The molecular formula is C17H20N2O. The van der Waals surface area contributed by atoms with E-state index in [2.05, 4.69) is 0 Å². The first-order valence-corrected chi connectivity index (χ1v) is 6.64. The van der Waals surface area contributed by atoms with Crippen molar-refractivity contribution in [3.05, 3.63) is 64.7 Å². The van der Waals surface area contributed by atoms with Crippen LogP contribution < -0.4 is 5.73 Å². The lowest BCUT2D eigenvalue weighted by Crippen LogP contribution is -2.26. The zero-order valence-corrected chi connectivity index (χ0v) is 12.2. The van der Waals surface area contributed by atoms with Crippen molar-refractivity contribution in [2.75, 3.05) is 12.8 Å². The van der Waals surface area contributed by atoms with Gasteiger partial charge in [0.2, 0.25) is 0 Å². The van der Waals surface area contributed by atoms with Gasteiger partial charge in [-0.05, 0) is 43.2 Å². The van der Waals surface area contributed by atoms with Gasteiger partial charge in [0.15, 0.2) is 0 Å². The Labute approximate surface area is 120 Å². The van der Waals surface area contributed by atoms with Crippen LogP contribution in [0.15, 0.2) is 42.5 Å². The first kappa shape index (κ1) is 14.1. The Kier molecular flexibility index (Phi) is 4.08. The number of anilines is 1. The van der Waals surface area contributed by atoms with Crippen molar-refractivity contribution in [1.29, 1.82) is 0 Å². The van der Waals surface area contributed by atoms with E-state index in [1.807, 2.05) is 63.4 Å². The molecule has 2 aromatic rings. The summed E-state index contributed by atoms with van der Waals surface area (Å²) in [6, 6.07) is 13.5. The quantitative estimate of drug-likeness (QED) is 0.869. The maximum absolute atomic E-state index is 12.5. The minimum absolute atomic E-state index is 0.0323. The van der Waals surface area contributed by atoms with Gasteiger partial charge in [0.1, 0.15) is 0 Å². The number of benzene rings is 2. The van der Waals surface area contributed by atoms with E-state index in [0.717, 1.165) is 27.9 Å². The molecule has 0 fully saturated rings. The number of nitrogen functional groups attached to an aromatic ring is 1. The summed E-state index contributed by atoms with van der Waals surface area (Å²) in [4.78, 5) is 14.2. The Morgan fingerprint density at radius 2 is 1.90 bits per heavy atom. The van der Waals surface area contributed by atoms with Crippen molar-refractivity contribution >= 4 is 11.6 Å². The van der Waals surface area contributed by atoms with E-state index in [-0.39, 0.29) is 5.91 Å². The molecule has 2 N–H and O–H groups in total. The fourth-order valence-corrected chi connectivity index (χ4v) is 2.30. The predicted molar refractivity (Wildman–Crippen MR) is 82.6 cm³/mol. The summed E-state index contributed by atoms with van der Waals surface area (Å²) in [5, 5.41) is 0. The van der Waals surface area contributed by atoms with E-state index in [1.54, 1.807) is 4.90 Å². The summed E-state index contributed by atoms with van der Waals surface area (Å²) in [6.45, 7) is 4.55. The molecule has 3 nitrogen and oxygen atoms in total. The molecule has 0 unspecified atom stereocenters. The van der Waals surface area contributed by atoms with Crippen LogP contribution in [0, 0.1) is 13.8 Å². The minimum Gasteiger partial charge on any atom is -0.399 e. The highest BCUT2D eigenvalue weighted by Gasteiger charge is 2.14. The van der Waals surface area contributed by atoms with E-state index in [0.29, 0.717) is 6.54 Å². The molecule has 20 heavy (non-hydrogen) atoms. The van der Waals surface area contributed by atoms with Crippen LogP contribution in [0.3, 0.4) is 0 Å². The largest absolute Gasteiger partial charge is 0.399 e. The van der Waals surface area contributed by atoms with E-state index in [4.69, 9.17) is 5.73 Å². The molecule has 0 radical (unpaired) electrons. The summed E-state index contributed by atoms with van der Waals surface area (Å²) >= 11 is 0. The first-order chi connectivity index (χ1) is 9.47. The van der Waals surface area contributed by atoms with Gasteiger partial charge >= 0.3 is 0 Å². The van der Waals surface area contributed by atoms with Gasteiger partial charge < -0.3 is 10.6 Å². The molecular weight excluding hydrogens is 248 g/mol. The summed E-state index contributed by atoms with van der Waals surface area (Å²) < 4.78 is 0. The molecule has 3 heteroatoms. The molecule has 0 saturated carbocycles. The highest BCUT2D eigenvalue weighted by atomic mass is 16.2. The number of aryl methyl sites for hydroxylation is 2. The van der Waals surface area contributed by atoms with Gasteiger partial charge in [0, 0.05) is 24.8 Å². The average Bonchev–Trinajstić information content (AvgIpc) is 2.38. The molecule has 0 aliphatic rings. The number of rotatable bonds is 3. The molecule has 0 atom stereocenters. The lowest BCUT2D eigenvalue weighted by atomic mass is 10.0. The molecule has 104 valence electrons. The van der Waals surface area contributed by atoms with Crippen molar-refractivity contribution in [3.63, 3.8) is 0 Å². The highest BCUT2D eigenvalue weighted by molar-refractivity contribution is 5.95. The SMILES string of the molecule is Cc1ccc(C(=O)N(C)Cc2cccc(N)c2)c(C)c1. The van der Waals surface area contributed by atoms with Gasteiger partial charge in [0.05, 0.1) is 0 Å². The van der Waals surface area contributed by atoms with E-state index in [9.17, 15) is 4.79 Å². The lowest BCUT2D eigenvalue weighted by Gasteiger charge is -2.19. The van der Waals surface area contributed by atoms with Gasteiger partial charge in [-0.2, -0.15) is 0 Å². The zero-order chi connectivity index (χ0) is 14.7. The van der Waals surface area contributed by atoms with Crippen molar-refractivity contribution < 1.29 is 4.79 Å². The molecule has 0 aliphatic heterocycles. The molecule has 2 rings (SSSR count).